The number of nitrogens with one attached hydrogen (secondary N) is 2. The topological polar surface area (TPSA) is 58.2 Å². The standard InChI is InChI=1S/C14H28N2O2S/c1-4-7-14(8-5-9-15-11-14)13(17)16-10-6-12(2)19(3)18/h12,15H,4-11H2,1-3H3,(H,16,17). The summed E-state index contributed by atoms with van der Waals surface area (Å²) in [5.74, 6) is 0.177. The van der Waals surface area contributed by atoms with Crippen molar-refractivity contribution < 1.29 is 9.00 Å². The van der Waals surface area contributed by atoms with Crippen LogP contribution in [0.15, 0.2) is 0 Å². The van der Waals surface area contributed by atoms with Gasteiger partial charge in [0.2, 0.25) is 5.91 Å². The maximum absolute atomic E-state index is 12.4. The van der Waals surface area contributed by atoms with Gasteiger partial charge in [-0.25, -0.2) is 0 Å². The Morgan fingerprint density at radius 1 is 1.53 bits per heavy atom. The van der Waals surface area contributed by atoms with Crippen molar-refractivity contribution in [3.05, 3.63) is 0 Å². The van der Waals surface area contributed by atoms with Crippen LogP contribution in [0.5, 0.6) is 0 Å². The van der Waals surface area contributed by atoms with Crippen LogP contribution in [0.4, 0.5) is 0 Å². The monoisotopic (exact) mass is 288 g/mol. The van der Waals surface area contributed by atoms with Gasteiger partial charge in [-0.05, 0) is 32.2 Å². The molecule has 1 amide bonds. The summed E-state index contributed by atoms with van der Waals surface area (Å²) in [5.41, 5.74) is -0.221. The van der Waals surface area contributed by atoms with Crippen molar-refractivity contribution >= 4 is 16.7 Å². The molecule has 1 aliphatic heterocycles. The lowest BCUT2D eigenvalue weighted by Gasteiger charge is -2.36. The van der Waals surface area contributed by atoms with E-state index < -0.39 is 10.8 Å². The second-order valence-electron chi connectivity index (χ2n) is 5.66. The number of hydrogen-bond donors (Lipinski definition) is 2. The van der Waals surface area contributed by atoms with Gasteiger partial charge in [-0.3, -0.25) is 9.00 Å². The smallest absolute Gasteiger partial charge is 0.227 e. The Kier molecular flexibility index (Phi) is 7.00. The van der Waals surface area contributed by atoms with Gasteiger partial charge in [0.05, 0.1) is 5.41 Å². The lowest BCUT2D eigenvalue weighted by atomic mass is 9.76. The number of hydrogen-bond acceptors (Lipinski definition) is 3. The van der Waals surface area contributed by atoms with Gasteiger partial charge in [-0.1, -0.05) is 20.3 Å². The molecule has 19 heavy (non-hydrogen) atoms. The van der Waals surface area contributed by atoms with Crippen LogP contribution in [-0.4, -0.2) is 41.3 Å². The molecule has 0 spiro atoms. The molecular formula is C14H28N2O2S. The normalized spacial score (nSPS) is 26.7. The third-order valence-corrected chi connectivity index (χ3v) is 5.45. The molecule has 0 radical (unpaired) electrons. The Hall–Kier alpha value is -0.420. The first kappa shape index (κ1) is 16.6. The summed E-state index contributed by atoms with van der Waals surface area (Å²) >= 11 is 0. The van der Waals surface area contributed by atoms with E-state index in [1.54, 1.807) is 6.26 Å². The fourth-order valence-corrected chi connectivity index (χ4v) is 3.16. The molecule has 3 atom stereocenters. The lowest BCUT2D eigenvalue weighted by Crippen LogP contribution is -2.50. The number of rotatable bonds is 7. The maximum Gasteiger partial charge on any atom is 0.227 e. The first-order valence-electron chi connectivity index (χ1n) is 7.33. The van der Waals surface area contributed by atoms with Crippen LogP contribution >= 0.6 is 0 Å². The van der Waals surface area contributed by atoms with Crippen molar-refractivity contribution in [3.8, 4) is 0 Å². The van der Waals surface area contributed by atoms with Crippen LogP contribution in [0.2, 0.25) is 0 Å². The molecule has 1 rings (SSSR count). The zero-order valence-corrected chi connectivity index (χ0v) is 13.3. The van der Waals surface area contributed by atoms with Gasteiger partial charge in [-0.15, -0.1) is 0 Å². The summed E-state index contributed by atoms with van der Waals surface area (Å²) in [6, 6.07) is 0. The van der Waals surface area contributed by atoms with Crippen molar-refractivity contribution in [1.29, 1.82) is 0 Å². The van der Waals surface area contributed by atoms with Crippen LogP contribution in [0.1, 0.15) is 46.0 Å². The highest BCUT2D eigenvalue weighted by molar-refractivity contribution is 7.84. The van der Waals surface area contributed by atoms with Crippen LogP contribution in [0.3, 0.4) is 0 Å². The molecule has 1 saturated heterocycles. The first-order chi connectivity index (χ1) is 9.02. The largest absolute Gasteiger partial charge is 0.356 e. The first-order valence-corrected chi connectivity index (χ1v) is 8.95. The van der Waals surface area contributed by atoms with Crippen LogP contribution < -0.4 is 10.6 Å². The molecule has 112 valence electrons. The number of piperidine rings is 1. The zero-order valence-electron chi connectivity index (χ0n) is 12.5. The molecule has 0 aliphatic carbocycles. The summed E-state index contributed by atoms with van der Waals surface area (Å²) in [5, 5.41) is 6.55. The number of amides is 1. The predicted octanol–water partition coefficient (Wildman–Crippen LogP) is 1.43. The summed E-state index contributed by atoms with van der Waals surface area (Å²) in [6.07, 6.45) is 6.53. The maximum atomic E-state index is 12.4. The van der Waals surface area contributed by atoms with E-state index >= 15 is 0 Å². The SMILES string of the molecule is CCCC1(C(=O)NCCC(C)S(C)=O)CCCNC1. The fraction of sp³-hybridized carbons (Fsp3) is 0.929. The average molecular weight is 288 g/mol. The van der Waals surface area contributed by atoms with Gasteiger partial charge < -0.3 is 10.6 Å². The molecule has 4 nitrogen and oxygen atoms in total. The predicted molar refractivity (Wildman–Crippen MR) is 80.6 cm³/mol. The Balaban J connectivity index is 2.46. The van der Waals surface area contributed by atoms with Crippen molar-refractivity contribution in [2.45, 2.75) is 51.2 Å². The van der Waals surface area contributed by atoms with Gasteiger partial charge >= 0.3 is 0 Å². The minimum Gasteiger partial charge on any atom is -0.356 e. The molecule has 0 aromatic rings. The fourth-order valence-electron chi connectivity index (χ4n) is 2.71. The van der Waals surface area contributed by atoms with E-state index in [2.05, 4.69) is 17.6 Å². The van der Waals surface area contributed by atoms with E-state index in [4.69, 9.17) is 0 Å². The van der Waals surface area contributed by atoms with Crippen molar-refractivity contribution in [2.75, 3.05) is 25.9 Å². The molecule has 3 unspecified atom stereocenters. The molecule has 1 aliphatic rings. The number of carbonyl (C=O) groups excluding carboxylic acids is 1. The molecular weight excluding hydrogens is 260 g/mol. The van der Waals surface area contributed by atoms with Gasteiger partial charge in [0.1, 0.15) is 0 Å². The molecule has 0 saturated carbocycles. The summed E-state index contributed by atoms with van der Waals surface area (Å²) in [6.45, 7) is 6.54. The van der Waals surface area contributed by atoms with E-state index in [0.29, 0.717) is 6.54 Å². The minimum atomic E-state index is -0.807. The Morgan fingerprint density at radius 3 is 2.79 bits per heavy atom. The van der Waals surface area contributed by atoms with E-state index in [1.165, 1.54) is 0 Å². The Bertz CT molecular complexity index is 309. The average Bonchev–Trinajstić information content (AvgIpc) is 2.39. The highest BCUT2D eigenvalue weighted by atomic mass is 32.2. The van der Waals surface area contributed by atoms with Crippen molar-refractivity contribution in [2.24, 2.45) is 5.41 Å². The molecule has 0 aromatic heterocycles. The summed E-state index contributed by atoms with van der Waals surface area (Å²) in [4.78, 5) is 12.4. The third kappa shape index (κ3) is 4.88. The van der Waals surface area contributed by atoms with E-state index in [9.17, 15) is 9.00 Å². The van der Waals surface area contributed by atoms with Gasteiger partial charge in [0.15, 0.2) is 0 Å². The second-order valence-corrected chi connectivity index (χ2v) is 7.47. The van der Waals surface area contributed by atoms with Gasteiger partial charge in [0.25, 0.3) is 0 Å². The van der Waals surface area contributed by atoms with Crippen LogP contribution in [-0.2, 0) is 15.6 Å². The highest BCUT2D eigenvalue weighted by Gasteiger charge is 2.38. The molecule has 2 N–H and O–H groups in total. The van der Waals surface area contributed by atoms with Crippen LogP contribution in [0.25, 0.3) is 0 Å². The zero-order chi connectivity index (χ0) is 14.3. The molecule has 1 heterocycles. The minimum absolute atomic E-state index is 0.145. The third-order valence-electron chi connectivity index (χ3n) is 4.09. The molecule has 0 bridgehead atoms. The second kappa shape index (κ2) is 8.00. The lowest BCUT2D eigenvalue weighted by molar-refractivity contribution is -0.132. The summed E-state index contributed by atoms with van der Waals surface area (Å²) in [7, 11) is -0.807. The van der Waals surface area contributed by atoms with E-state index in [1.807, 2.05) is 6.92 Å². The quantitative estimate of drug-likeness (QED) is 0.745. The Morgan fingerprint density at radius 2 is 2.26 bits per heavy atom. The Labute approximate surface area is 119 Å². The van der Waals surface area contributed by atoms with Crippen LogP contribution in [0, 0.1) is 5.41 Å². The number of carbonyl (C=O) groups is 1. The summed E-state index contributed by atoms with van der Waals surface area (Å²) < 4.78 is 11.3. The van der Waals surface area contributed by atoms with Crippen molar-refractivity contribution in [3.63, 3.8) is 0 Å². The molecule has 1 fully saturated rings. The van der Waals surface area contributed by atoms with Crippen molar-refractivity contribution in [1.82, 2.24) is 10.6 Å². The highest BCUT2D eigenvalue weighted by Crippen LogP contribution is 2.31. The molecule has 5 heteroatoms. The van der Waals surface area contributed by atoms with Gasteiger partial charge in [-0.2, -0.15) is 0 Å². The van der Waals surface area contributed by atoms with E-state index in [0.717, 1.165) is 45.2 Å². The van der Waals surface area contributed by atoms with Gasteiger partial charge in [0, 0.05) is 35.4 Å². The van der Waals surface area contributed by atoms with E-state index in [-0.39, 0.29) is 16.6 Å². The molecule has 0 aromatic carbocycles.